The molecule has 0 aliphatic heterocycles. The van der Waals surface area contributed by atoms with Crippen LogP contribution in [0.25, 0.3) is 6.08 Å². The lowest BCUT2D eigenvalue weighted by atomic mass is 9.89. The first-order chi connectivity index (χ1) is 7.74. The van der Waals surface area contributed by atoms with Crippen LogP contribution in [-0.4, -0.2) is 11.7 Å². The minimum atomic E-state index is 0.187. The van der Waals surface area contributed by atoms with Gasteiger partial charge in [-0.15, -0.1) is 0 Å². The van der Waals surface area contributed by atoms with Gasteiger partial charge in [0.2, 0.25) is 0 Å². The summed E-state index contributed by atoms with van der Waals surface area (Å²) in [5, 5.41) is 10.5. The number of aromatic hydroxyl groups is 1. The van der Waals surface area contributed by atoms with E-state index in [0.29, 0.717) is 11.6 Å². The predicted octanol–water partition coefficient (Wildman–Crippen LogP) is 2.90. The van der Waals surface area contributed by atoms with Crippen LogP contribution < -0.4 is 5.73 Å². The van der Waals surface area contributed by atoms with Crippen LogP contribution >= 0.6 is 11.6 Å². The fourth-order valence-corrected chi connectivity index (χ4v) is 2.51. The normalized spacial score (nSPS) is 15.4. The first-order valence-electron chi connectivity index (χ1n) is 5.64. The molecule has 1 aliphatic rings. The molecule has 0 atom stereocenters. The van der Waals surface area contributed by atoms with Crippen molar-refractivity contribution in [3.05, 3.63) is 33.9 Å². The second-order valence-electron chi connectivity index (χ2n) is 4.11. The van der Waals surface area contributed by atoms with Crippen molar-refractivity contribution in [1.29, 1.82) is 0 Å². The lowest BCUT2D eigenvalue weighted by Crippen LogP contribution is -2.04. The van der Waals surface area contributed by atoms with E-state index >= 15 is 0 Å². The number of nitrogens with two attached hydrogens (primary N) is 1. The van der Waals surface area contributed by atoms with Crippen LogP contribution in [0.1, 0.15) is 29.5 Å². The minimum absolute atomic E-state index is 0.187. The minimum Gasteiger partial charge on any atom is -0.506 e. The maximum absolute atomic E-state index is 9.96. The van der Waals surface area contributed by atoms with Crippen molar-refractivity contribution in [2.75, 3.05) is 6.54 Å². The molecule has 0 unspecified atom stereocenters. The standard InChI is InChI=1S/C13H16ClNO/c14-12-11-6-2-1-4-9(11)8-10(13(12)16)5-3-7-15/h3,5,8,16H,1-2,4,6-7,15H2/b5-3+. The molecule has 0 bridgehead atoms. The quantitative estimate of drug-likeness (QED) is 0.831. The van der Waals surface area contributed by atoms with Crippen LogP contribution in [0.3, 0.4) is 0 Å². The molecule has 16 heavy (non-hydrogen) atoms. The molecule has 0 radical (unpaired) electrons. The van der Waals surface area contributed by atoms with Crippen LogP contribution in [0, 0.1) is 0 Å². The van der Waals surface area contributed by atoms with Gasteiger partial charge in [-0.05, 0) is 42.9 Å². The number of fused-ring (bicyclic) bond motifs is 1. The Morgan fingerprint density at radius 1 is 1.38 bits per heavy atom. The highest BCUT2D eigenvalue weighted by Gasteiger charge is 2.17. The van der Waals surface area contributed by atoms with Gasteiger partial charge in [0.1, 0.15) is 5.75 Å². The van der Waals surface area contributed by atoms with Gasteiger partial charge in [-0.2, -0.15) is 0 Å². The summed E-state index contributed by atoms with van der Waals surface area (Å²) in [5.74, 6) is 0.187. The maximum atomic E-state index is 9.96. The topological polar surface area (TPSA) is 46.2 Å². The Kier molecular flexibility index (Phi) is 3.52. The number of rotatable bonds is 2. The van der Waals surface area contributed by atoms with Crippen molar-refractivity contribution in [2.24, 2.45) is 5.73 Å². The molecule has 1 aliphatic carbocycles. The average molecular weight is 238 g/mol. The van der Waals surface area contributed by atoms with Crippen LogP contribution in [0.4, 0.5) is 0 Å². The number of aryl methyl sites for hydroxylation is 1. The molecule has 2 nitrogen and oxygen atoms in total. The zero-order valence-corrected chi connectivity index (χ0v) is 9.93. The fraction of sp³-hybridized carbons (Fsp3) is 0.385. The molecule has 0 aromatic heterocycles. The number of phenolic OH excluding ortho intramolecular Hbond substituents is 1. The van der Waals surface area contributed by atoms with E-state index in [1.165, 1.54) is 12.0 Å². The van der Waals surface area contributed by atoms with E-state index in [1.807, 2.05) is 18.2 Å². The predicted molar refractivity (Wildman–Crippen MR) is 67.8 cm³/mol. The summed E-state index contributed by atoms with van der Waals surface area (Å²) in [6.07, 6.45) is 8.04. The molecule has 0 saturated heterocycles. The molecule has 1 aromatic rings. The van der Waals surface area contributed by atoms with Crippen LogP contribution in [0.5, 0.6) is 5.75 Å². The first kappa shape index (κ1) is 11.5. The summed E-state index contributed by atoms with van der Waals surface area (Å²) >= 11 is 6.18. The molecule has 0 amide bonds. The highest BCUT2D eigenvalue weighted by atomic mass is 35.5. The van der Waals surface area contributed by atoms with Crippen molar-refractivity contribution in [2.45, 2.75) is 25.7 Å². The van der Waals surface area contributed by atoms with E-state index in [-0.39, 0.29) is 5.75 Å². The van der Waals surface area contributed by atoms with Gasteiger partial charge in [-0.25, -0.2) is 0 Å². The van der Waals surface area contributed by atoms with E-state index in [4.69, 9.17) is 17.3 Å². The third-order valence-corrected chi connectivity index (χ3v) is 3.43. The van der Waals surface area contributed by atoms with E-state index in [9.17, 15) is 5.11 Å². The molecule has 3 heteroatoms. The third kappa shape index (κ3) is 2.08. The summed E-state index contributed by atoms with van der Waals surface area (Å²) < 4.78 is 0. The zero-order chi connectivity index (χ0) is 11.5. The second kappa shape index (κ2) is 4.89. The summed E-state index contributed by atoms with van der Waals surface area (Å²) in [6, 6.07) is 2.03. The van der Waals surface area contributed by atoms with Crippen LogP contribution in [-0.2, 0) is 12.8 Å². The average Bonchev–Trinajstić information content (AvgIpc) is 2.32. The fourth-order valence-electron chi connectivity index (χ4n) is 2.19. The molecule has 0 saturated carbocycles. The summed E-state index contributed by atoms with van der Waals surface area (Å²) in [6.45, 7) is 0.466. The maximum Gasteiger partial charge on any atom is 0.141 e. The molecule has 0 fully saturated rings. The monoisotopic (exact) mass is 237 g/mol. The number of hydrogen-bond acceptors (Lipinski definition) is 2. The Bertz CT molecular complexity index is 426. The van der Waals surface area contributed by atoms with Gasteiger partial charge in [-0.3, -0.25) is 0 Å². The van der Waals surface area contributed by atoms with E-state index in [1.54, 1.807) is 0 Å². The van der Waals surface area contributed by atoms with Crippen LogP contribution in [0.15, 0.2) is 12.1 Å². The number of benzene rings is 1. The van der Waals surface area contributed by atoms with Gasteiger partial charge in [0.15, 0.2) is 0 Å². The Labute approximate surface area is 101 Å². The summed E-state index contributed by atoms with van der Waals surface area (Å²) in [4.78, 5) is 0. The lowest BCUT2D eigenvalue weighted by molar-refractivity contribution is 0.472. The Hall–Kier alpha value is -0.990. The number of phenols is 1. The summed E-state index contributed by atoms with van der Waals surface area (Å²) in [7, 11) is 0. The van der Waals surface area contributed by atoms with Gasteiger partial charge >= 0.3 is 0 Å². The third-order valence-electron chi connectivity index (χ3n) is 3.02. The van der Waals surface area contributed by atoms with Crippen molar-refractivity contribution in [3.8, 4) is 5.75 Å². The van der Waals surface area contributed by atoms with Crippen molar-refractivity contribution < 1.29 is 5.11 Å². The Morgan fingerprint density at radius 3 is 2.88 bits per heavy atom. The van der Waals surface area contributed by atoms with Gasteiger partial charge in [0, 0.05) is 12.1 Å². The number of hydrogen-bond donors (Lipinski definition) is 2. The van der Waals surface area contributed by atoms with Gasteiger partial charge in [0.25, 0.3) is 0 Å². The molecular weight excluding hydrogens is 222 g/mol. The molecule has 2 rings (SSSR count). The molecule has 3 N–H and O–H groups in total. The Morgan fingerprint density at radius 2 is 2.12 bits per heavy atom. The number of halogens is 1. The molecule has 0 spiro atoms. The van der Waals surface area contributed by atoms with E-state index < -0.39 is 0 Å². The van der Waals surface area contributed by atoms with E-state index in [2.05, 4.69) is 0 Å². The van der Waals surface area contributed by atoms with Crippen molar-refractivity contribution in [1.82, 2.24) is 0 Å². The lowest BCUT2D eigenvalue weighted by Gasteiger charge is -2.19. The molecule has 86 valence electrons. The van der Waals surface area contributed by atoms with Crippen molar-refractivity contribution in [3.63, 3.8) is 0 Å². The SMILES string of the molecule is NC/C=C/c1cc2c(c(Cl)c1O)CCCC2. The zero-order valence-electron chi connectivity index (χ0n) is 9.17. The summed E-state index contributed by atoms with van der Waals surface area (Å²) in [5.41, 5.74) is 8.56. The van der Waals surface area contributed by atoms with E-state index in [0.717, 1.165) is 30.4 Å². The van der Waals surface area contributed by atoms with Gasteiger partial charge < -0.3 is 10.8 Å². The molecule has 0 heterocycles. The van der Waals surface area contributed by atoms with Gasteiger partial charge in [0.05, 0.1) is 5.02 Å². The molecule has 1 aromatic carbocycles. The highest BCUT2D eigenvalue weighted by Crippen LogP contribution is 2.37. The Balaban J connectivity index is 2.48. The van der Waals surface area contributed by atoms with Gasteiger partial charge in [-0.1, -0.05) is 23.8 Å². The highest BCUT2D eigenvalue weighted by molar-refractivity contribution is 6.33. The first-order valence-corrected chi connectivity index (χ1v) is 6.01. The molecular formula is C13H16ClNO. The second-order valence-corrected chi connectivity index (χ2v) is 4.49. The smallest absolute Gasteiger partial charge is 0.141 e. The van der Waals surface area contributed by atoms with Crippen molar-refractivity contribution >= 4 is 17.7 Å². The van der Waals surface area contributed by atoms with Crippen LogP contribution in [0.2, 0.25) is 5.02 Å². The largest absolute Gasteiger partial charge is 0.506 e.